The Hall–Kier alpha value is -1.82. The largest absolute Gasteiger partial charge is 0.351 e. The van der Waals surface area contributed by atoms with Gasteiger partial charge >= 0.3 is 0 Å². The topological polar surface area (TPSA) is 57.3 Å². The molecule has 23 heavy (non-hydrogen) atoms. The van der Waals surface area contributed by atoms with Gasteiger partial charge in [-0.05, 0) is 44.4 Å². The van der Waals surface area contributed by atoms with Crippen molar-refractivity contribution in [2.24, 2.45) is 0 Å². The van der Waals surface area contributed by atoms with Gasteiger partial charge in [0.05, 0.1) is 5.56 Å². The van der Waals surface area contributed by atoms with Gasteiger partial charge in [-0.1, -0.05) is 23.2 Å². The number of nitrogens with zero attached hydrogens (tertiary/aromatic N) is 2. The number of likely N-dealkylation sites (N-methyl/N-ethyl adjacent to an activating group) is 1. The Kier molecular flexibility index (Phi) is 6.21. The SMILES string of the molecule is CN(C)CCNC(=O)c1ccc(Nc2cc(Cl)cc(Cl)c2)nc1. The first-order valence-electron chi connectivity index (χ1n) is 7.06. The summed E-state index contributed by atoms with van der Waals surface area (Å²) in [4.78, 5) is 18.2. The number of halogens is 2. The van der Waals surface area contributed by atoms with E-state index in [1.807, 2.05) is 19.0 Å². The summed E-state index contributed by atoms with van der Waals surface area (Å²) in [6, 6.07) is 8.60. The van der Waals surface area contributed by atoms with Crippen LogP contribution in [0.4, 0.5) is 11.5 Å². The summed E-state index contributed by atoms with van der Waals surface area (Å²) < 4.78 is 0. The molecule has 122 valence electrons. The maximum Gasteiger partial charge on any atom is 0.252 e. The summed E-state index contributed by atoms with van der Waals surface area (Å²) in [5.74, 6) is 0.463. The van der Waals surface area contributed by atoms with E-state index in [1.54, 1.807) is 30.3 Å². The number of pyridine rings is 1. The van der Waals surface area contributed by atoms with Crippen LogP contribution in [0.25, 0.3) is 0 Å². The van der Waals surface area contributed by atoms with E-state index in [4.69, 9.17) is 23.2 Å². The van der Waals surface area contributed by atoms with Gasteiger partial charge in [0, 0.05) is 35.0 Å². The third kappa shape index (κ3) is 5.71. The van der Waals surface area contributed by atoms with Crippen LogP contribution in [0.2, 0.25) is 10.0 Å². The average Bonchev–Trinajstić information content (AvgIpc) is 2.46. The summed E-state index contributed by atoms with van der Waals surface area (Å²) in [6.45, 7) is 1.38. The summed E-state index contributed by atoms with van der Waals surface area (Å²) in [6.07, 6.45) is 1.53. The van der Waals surface area contributed by atoms with Crippen LogP contribution in [0, 0.1) is 0 Å². The van der Waals surface area contributed by atoms with Gasteiger partial charge < -0.3 is 15.5 Å². The third-order valence-electron chi connectivity index (χ3n) is 3.01. The maximum absolute atomic E-state index is 12.0. The molecule has 1 amide bonds. The molecule has 7 heteroatoms. The quantitative estimate of drug-likeness (QED) is 0.836. The molecular weight excluding hydrogens is 335 g/mol. The van der Waals surface area contributed by atoms with Gasteiger partial charge in [0.25, 0.3) is 5.91 Å². The molecule has 0 spiro atoms. The molecule has 0 aliphatic rings. The molecule has 0 fully saturated rings. The van der Waals surface area contributed by atoms with Crippen LogP contribution < -0.4 is 10.6 Å². The Morgan fingerprint density at radius 1 is 1.17 bits per heavy atom. The highest BCUT2D eigenvalue weighted by atomic mass is 35.5. The number of amides is 1. The van der Waals surface area contributed by atoms with Gasteiger partial charge in [0.15, 0.2) is 0 Å². The number of aromatic nitrogens is 1. The standard InChI is InChI=1S/C16H18Cl2N4O/c1-22(2)6-5-19-16(23)11-3-4-15(20-10-11)21-14-8-12(17)7-13(18)9-14/h3-4,7-10H,5-6H2,1-2H3,(H,19,23)(H,20,21). The Bertz CT molecular complexity index is 654. The molecule has 0 bridgehead atoms. The average molecular weight is 353 g/mol. The number of carbonyl (C=O) groups excluding carboxylic acids is 1. The molecular formula is C16H18Cl2N4O. The van der Waals surface area contributed by atoms with Crippen molar-refractivity contribution in [1.82, 2.24) is 15.2 Å². The molecule has 0 radical (unpaired) electrons. The zero-order valence-electron chi connectivity index (χ0n) is 12.9. The van der Waals surface area contributed by atoms with E-state index in [-0.39, 0.29) is 5.91 Å². The fourth-order valence-corrected chi connectivity index (χ4v) is 2.40. The first kappa shape index (κ1) is 17.5. The summed E-state index contributed by atoms with van der Waals surface area (Å²) in [7, 11) is 3.91. The van der Waals surface area contributed by atoms with Crippen molar-refractivity contribution in [3.8, 4) is 0 Å². The van der Waals surface area contributed by atoms with E-state index in [0.29, 0.717) is 28.0 Å². The molecule has 0 saturated carbocycles. The first-order chi connectivity index (χ1) is 10.9. The zero-order chi connectivity index (χ0) is 16.8. The van der Waals surface area contributed by atoms with Crippen LogP contribution in [-0.2, 0) is 0 Å². The highest BCUT2D eigenvalue weighted by Crippen LogP contribution is 2.24. The molecule has 2 rings (SSSR count). The minimum Gasteiger partial charge on any atom is -0.351 e. The summed E-state index contributed by atoms with van der Waals surface area (Å²) in [5, 5.41) is 7.01. The van der Waals surface area contributed by atoms with Crippen LogP contribution in [0.1, 0.15) is 10.4 Å². The van der Waals surface area contributed by atoms with E-state index >= 15 is 0 Å². The smallest absolute Gasteiger partial charge is 0.252 e. The third-order valence-corrected chi connectivity index (χ3v) is 3.44. The Balaban J connectivity index is 1.97. The molecule has 2 aromatic rings. The number of rotatable bonds is 6. The Morgan fingerprint density at radius 2 is 1.87 bits per heavy atom. The summed E-state index contributed by atoms with van der Waals surface area (Å²) in [5.41, 5.74) is 1.25. The Morgan fingerprint density at radius 3 is 2.43 bits per heavy atom. The minimum atomic E-state index is -0.142. The molecule has 2 N–H and O–H groups in total. The minimum absolute atomic E-state index is 0.142. The normalized spacial score (nSPS) is 10.7. The van der Waals surface area contributed by atoms with Gasteiger partial charge in [0.1, 0.15) is 5.82 Å². The number of hydrogen-bond donors (Lipinski definition) is 2. The van der Waals surface area contributed by atoms with Crippen LogP contribution in [0.15, 0.2) is 36.5 Å². The van der Waals surface area contributed by atoms with Crippen LogP contribution in [-0.4, -0.2) is 43.0 Å². The summed E-state index contributed by atoms with van der Waals surface area (Å²) >= 11 is 11.9. The molecule has 0 aliphatic heterocycles. The number of nitrogens with one attached hydrogen (secondary N) is 2. The second kappa shape index (κ2) is 8.15. The van der Waals surface area contributed by atoms with Crippen LogP contribution in [0.3, 0.4) is 0 Å². The predicted octanol–water partition coefficient (Wildman–Crippen LogP) is 3.42. The van der Waals surface area contributed by atoms with Crippen molar-refractivity contribution in [1.29, 1.82) is 0 Å². The highest BCUT2D eigenvalue weighted by Gasteiger charge is 2.06. The molecule has 1 heterocycles. The van der Waals surface area contributed by atoms with Crippen molar-refractivity contribution in [3.05, 3.63) is 52.1 Å². The molecule has 0 unspecified atom stereocenters. The lowest BCUT2D eigenvalue weighted by Gasteiger charge is -2.11. The zero-order valence-corrected chi connectivity index (χ0v) is 14.4. The predicted molar refractivity (Wildman–Crippen MR) is 94.9 cm³/mol. The molecule has 0 saturated heterocycles. The lowest BCUT2D eigenvalue weighted by molar-refractivity contribution is 0.0950. The van der Waals surface area contributed by atoms with Gasteiger partial charge in [-0.25, -0.2) is 4.98 Å². The second-order valence-electron chi connectivity index (χ2n) is 5.27. The molecule has 0 atom stereocenters. The number of benzene rings is 1. The monoisotopic (exact) mass is 352 g/mol. The number of anilines is 2. The van der Waals surface area contributed by atoms with Crippen molar-refractivity contribution in [3.63, 3.8) is 0 Å². The maximum atomic E-state index is 12.0. The fraction of sp³-hybridized carbons (Fsp3) is 0.250. The van der Waals surface area contributed by atoms with Crippen LogP contribution >= 0.6 is 23.2 Å². The van der Waals surface area contributed by atoms with Gasteiger partial charge in [0.2, 0.25) is 0 Å². The molecule has 5 nitrogen and oxygen atoms in total. The van der Waals surface area contributed by atoms with Gasteiger partial charge in [-0.3, -0.25) is 4.79 Å². The lowest BCUT2D eigenvalue weighted by atomic mass is 10.2. The Labute approximate surface area is 145 Å². The number of carbonyl (C=O) groups is 1. The number of hydrogen-bond acceptors (Lipinski definition) is 4. The molecule has 1 aromatic carbocycles. The van der Waals surface area contributed by atoms with E-state index in [2.05, 4.69) is 15.6 Å². The van der Waals surface area contributed by atoms with E-state index in [1.165, 1.54) is 6.20 Å². The second-order valence-corrected chi connectivity index (χ2v) is 6.15. The first-order valence-corrected chi connectivity index (χ1v) is 7.82. The van der Waals surface area contributed by atoms with Crippen LogP contribution in [0.5, 0.6) is 0 Å². The van der Waals surface area contributed by atoms with Crippen molar-refractivity contribution in [2.75, 3.05) is 32.5 Å². The van der Waals surface area contributed by atoms with Gasteiger partial charge in [-0.15, -0.1) is 0 Å². The van der Waals surface area contributed by atoms with Crippen molar-refractivity contribution in [2.45, 2.75) is 0 Å². The highest BCUT2D eigenvalue weighted by molar-refractivity contribution is 6.35. The lowest BCUT2D eigenvalue weighted by Crippen LogP contribution is -2.31. The van der Waals surface area contributed by atoms with Crippen molar-refractivity contribution < 1.29 is 4.79 Å². The van der Waals surface area contributed by atoms with E-state index in [9.17, 15) is 4.79 Å². The molecule has 0 aliphatic carbocycles. The van der Waals surface area contributed by atoms with E-state index < -0.39 is 0 Å². The van der Waals surface area contributed by atoms with Gasteiger partial charge in [-0.2, -0.15) is 0 Å². The fourth-order valence-electron chi connectivity index (χ4n) is 1.87. The molecule has 1 aromatic heterocycles. The van der Waals surface area contributed by atoms with E-state index in [0.717, 1.165) is 12.2 Å². The van der Waals surface area contributed by atoms with Crippen molar-refractivity contribution >= 4 is 40.6 Å².